The average Bonchev–Trinajstić information content (AvgIpc) is 2.44. The summed E-state index contributed by atoms with van der Waals surface area (Å²) in [6.45, 7) is 4.41. The number of aryl methyl sites for hydroxylation is 1. The smallest absolute Gasteiger partial charge is 0.226 e. The zero-order valence-corrected chi connectivity index (χ0v) is 11.8. The molecule has 0 spiro atoms. The first kappa shape index (κ1) is 15.9. The fraction of sp³-hybridized carbons (Fsp3) is 0.400. The molecule has 1 aromatic rings. The average molecular weight is 276 g/mol. The Labute approximate surface area is 119 Å². The zero-order chi connectivity index (χ0) is 15.0. The van der Waals surface area contributed by atoms with Crippen LogP contribution in [0.4, 0.5) is 0 Å². The Balaban J connectivity index is 2.57. The van der Waals surface area contributed by atoms with Crippen molar-refractivity contribution in [3.05, 3.63) is 35.4 Å². The van der Waals surface area contributed by atoms with Gasteiger partial charge in [0.2, 0.25) is 18.7 Å². The summed E-state index contributed by atoms with van der Waals surface area (Å²) in [5.74, 6) is -0.325. The van der Waals surface area contributed by atoms with Crippen molar-refractivity contribution >= 4 is 18.7 Å². The van der Waals surface area contributed by atoms with Gasteiger partial charge in [0, 0.05) is 19.0 Å². The standard InChI is InChI=1S/C15H20N2O3/c1-12-5-3-4-6-14(12)9-17(11-19)13(2)7-8-15(20)16-10-18/h3-6,10-11,13H,7-9H2,1-2H3,(H,16,18,20). The van der Waals surface area contributed by atoms with E-state index in [0.29, 0.717) is 19.4 Å². The molecule has 1 N–H and O–H groups in total. The molecule has 0 fully saturated rings. The largest absolute Gasteiger partial charge is 0.338 e. The Hall–Kier alpha value is -2.17. The van der Waals surface area contributed by atoms with Gasteiger partial charge in [0.05, 0.1) is 0 Å². The maximum Gasteiger partial charge on any atom is 0.226 e. The summed E-state index contributed by atoms with van der Waals surface area (Å²) in [5, 5.41) is 2.09. The minimum Gasteiger partial charge on any atom is -0.338 e. The first-order valence-corrected chi connectivity index (χ1v) is 6.57. The van der Waals surface area contributed by atoms with Crippen LogP contribution in [0.3, 0.4) is 0 Å². The molecular formula is C15H20N2O3. The quantitative estimate of drug-likeness (QED) is 0.730. The maximum atomic E-state index is 11.2. The fourth-order valence-electron chi connectivity index (χ4n) is 1.92. The van der Waals surface area contributed by atoms with Crippen LogP contribution in [0.15, 0.2) is 24.3 Å². The van der Waals surface area contributed by atoms with E-state index in [-0.39, 0.29) is 18.4 Å². The van der Waals surface area contributed by atoms with Crippen LogP contribution in [0.5, 0.6) is 0 Å². The van der Waals surface area contributed by atoms with Crippen molar-refractivity contribution in [2.45, 2.75) is 39.3 Å². The van der Waals surface area contributed by atoms with E-state index in [9.17, 15) is 14.4 Å². The highest BCUT2D eigenvalue weighted by atomic mass is 16.2. The lowest BCUT2D eigenvalue weighted by molar-refractivity contribution is -0.126. The molecule has 0 heterocycles. The summed E-state index contributed by atoms with van der Waals surface area (Å²) in [6.07, 6.45) is 1.91. The number of nitrogens with zero attached hydrogens (tertiary/aromatic N) is 1. The van der Waals surface area contributed by atoms with Gasteiger partial charge in [0.15, 0.2) is 0 Å². The van der Waals surface area contributed by atoms with Crippen molar-refractivity contribution in [2.24, 2.45) is 0 Å². The molecule has 108 valence electrons. The molecule has 1 unspecified atom stereocenters. The molecule has 3 amide bonds. The van der Waals surface area contributed by atoms with Crippen LogP contribution in [0.25, 0.3) is 0 Å². The van der Waals surface area contributed by atoms with Crippen LogP contribution in [-0.2, 0) is 20.9 Å². The fourth-order valence-corrected chi connectivity index (χ4v) is 1.92. The van der Waals surface area contributed by atoms with Crippen molar-refractivity contribution < 1.29 is 14.4 Å². The highest BCUT2D eigenvalue weighted by Crippen LogP contribution is 2.13. The third-order valence-corrected chi connectivity index (χ3v) is 3.32. The van der Waals surface area contributed by atoms with E-state index in [2.05, 4.69) is 5.32 Å². The molecule has 20 heavy (non-hydrogen) atoms. The van der Waals surface area contributed by atoms with Crippen LogP contribution >= 0.6 is 0 Å². The SMILES string of the molecule is Cc1ccccc1CN(C=O)C(C)CCC(=O)NC=O. The Morgan fingerprint density at radius 1 is 1.35 bits per heavy atom. The molecule has 5 nitrogen and oxygen atoms in total. The number of imide groups is 1. The van der Waals surface area contributed by atoms with Gasteiger partial charge in [0.1, 0.15) is 0 Å². The first-order chi connectivity index (χ1) is 9.58. The summed E-state index contributed by atoms with van der Waals surface area (Å²) in [7, 11) is 0. The molecule has 1 aromatic carbocycles. The van der Waals surface area contributed by atoms with Gasteiger partial charge in [-0.1, -0.05) is 24.3 Å². The van der Waals surface area contributed by atoms with Crippen LogP contribution < -0.4 is 5.32 Å². The normalized spacial score (nSPS) is 11.5. The molecule has 1 atom stereocenters. The van der Waals surface area contributed by atoms with Crippen molar-refractivity contribution in [1.82, 2.24) is 10.2 Å². The predicted octanol–water partition coefficient (Wildman–Crippen LogP) is 1.39. The number of rotatable bonds is 8. The van der Waals surface area contributed by atoms with Crippen LogP contribution in [-0.4, -0.2) is 29.7 Å². The van der Waals surface area contributed by atoms with Gasteiger partial charge in [-0.25, -0.2) is 0 Å². The molecule has 0 aliphatic rings. The molecule has 0 bridgehead atoms. The number of benzene rings is 1. The van der Waals surface area contributed by atoms with E-state index >= 15 is 0 Å². The number of hydrogen-bond acceptors (Lipinski definition) is 3. The van der Waals surface area contributed by atoms with Gasteiger partial charge in [-0.05, 0) is 31.4 Å². The third kappa shape index (κ3) is 4.84. The van der Waals surface area contributed by atoms with E-state index in [0.717, 1.165) is 17.5 Å². The molecule has 0 radical (unpaired) electrons. The topological polar surface area (TPSA) is 66.5 Å². The number of nitrogens with one attached hydrogen (secondary N) is 1. The van der Waals surface area contributed by atoms with E-state index < -0.39 is 0 Å². The Morgan fingerprint density at radius 2 is 2.05 bits per heavy atom. The summed E-state index contributed by atoms with van der Waals surface area (Å²) >= 11 is 0. The lowest BCUT2D eigenvalue weighted by Crippen LogP contribution is -2.33. The summed E-state index contributed by atoms with van der Waals surface area (Å²) < 4.78 is 0. The summed E-state index contributed by atoms with van der Waals surface area (Å²) in [5.41, 5.74) is 2.22. The van der Waals surface area contributed by atoms with Crippen LogP contribution in [0.2, 0.25) is 0 Å². The van der Waals surface area contributed by atoms with Gasteiger partial charge >= 0.3 is 0 Å². The summed E-state index contributed by atoms with van der Waals surface area (Å²) in [6, 6.07) is 7.81. The van der Waals surface area contributed by atoms with Gasteiger partial charge in [-0.15, -0.1) is 0 Å². The molecule has 0 aliphatic carbocycles. The molecular weight excluding hydrogens is 256 g/mol. The van der Waals surface area contributed by atoms with Crippen molar-refractivity contribution in [3.8, 4) is 0 Å². The lowest BCUT2D eigenvalue weighted by atomic mass is 10.1. The van der Waals surface area contributed by atoms with Gasteiger partial charge in [0.25, 0.3) is 0 Å². The van der Waals surface area contributed by atoms with Crippen molar-refractivity contribution in [2.75, 3.05) is 0 Å². The van der Waals surface area contributed by atoms with E-state index in [1.54, 1.807) is 4.90 Å². The zero-order valence-electron chi connectivity index (χ0n) is 11.8. The Kier molecular flexibility index (Phi) is 6.43. The highest BCUT2D eigenvalue weighted by molar-refractivity contribution is 5.85. The predicted molar refractivity (Wildman–Crippen MR) is 75.7 cm³/mol. The van der Waals surface area contributed by atoms with Gasteiger partial charge in [-0.2, -0.15) is 0 Å². The Morgan fingerprint density at radius 3 is 2.65 bits per heavy atom. The van der Waals surface area contributed by atoms with E-state index in [4.69, 9.17) is 0 Å². The van der Waals surface area contributed by atoms with Gasteiger partial charge < -0.3 is 4.90 Å². The second kappa shape index (κ2) is 8.09. The minimum atomic E-state index is -0.325. The maximum absolute atomic E-state index is 11.2. The molecule has 0 aliphatic heterocycles. The van der Waals surface area contributed by atoms with Gasteiger partial charge in [-0.3, -0.25) is 19.7 Å². The van der Waals surface area contributed by atoms with Crippen molar-refractivity contribution in [1.29, 1.82) is 0 Å². The number of amides is 3. The monoisotopic (exact) mass is 276 g/mol. The third-order valence-electron chi connectivity index (χ3n) is 3.32. The molecule has 0 saturated carbocycles. The molecule has 0 aromatic heterocycles. The molecule has 1 rings (SSSR count). The lowest BCUT2D eigenvalue weighted by Gasteiger charge is -2.25. The first-order valence-electron chi connectivity index (χ1n) is 6.57. The second-order valence-corrected chi connectivity index (χ2v) is 4.78. The highest BCUT2D eigenvalue weighted by Gasteiger charge is 2.14. The van der Waals surface area contributed by atoms with E-state index in [1.807, 2.05) is 38.1 Å². The van der Waals surface area contributed by atoms with Crippen LogP contribution in [0.1, 0.15) is 30.9 Å². The number of carbonyl (C=O) groups excluding carboxylic acids is 3. The van der Waals surface area contributed by atoms with Crippen molar-refractivity contribution in [3.63, 3.8) is 0 Å². The minimum absolute atomic E-state index is 0.0653. The molecule has 0 saturated heterocycles. The van der Waals surface area contributed by atoms with Crippen LogP contribution in [0, 0.1) is 6.92 Å². The number of hydrogen-bond donors (Lipinski definition) is 1. The molecule has 5 heteroatoms. The van der Waals surface area contributed by atoms with E-state index in [1.165, 1.54) is 0 Å². The number of carbonyl (C=O) groups is 3. The summed E-state index contributed by atoms with van der Waals surface area (Å²) in [4.78, 5) is 34.2. The Bertz CT molecular complexity index is 474. The second-order valence-electron chi connectivity index (χ2n) is 4.78.